The van der Waals surface area contributed by atoms with Gasteiger partial charge in [0.15, 0.2) is 0 Å². The largest absolute Gasteiger partial charge is 0.368 e. The third kappa shape index (κ3) is 5.16. The van der Waals surface area contributed by atoms with E-state index in [-0.39, 0.29) is 17.2 Å². The van der Waals surface area contributed by atoms with Crippen molar-refractivity contribution in [3.8, 4) is 0 Å². The molecule has 6 nitrogen and oxygen atoms in total. The van der Waals surface area contributed by atoms with Gasteiger partial charge >= 0.3 is 0 Å². The van der Waals surface area contributed by atoms with Gasteiger partial charge in [0.05, 0.1) is 6.04 Å². The normalized spacial score (nSPS) is 18.2. The first-order valence-electron chi connectivity index (χ1n) is 6.83. The first kappa shape index (κ1) is 15.9. The minimum absolute atomic E-state index is 0.131. The van der Waals surface area contributed by atoms with Crippen molar-refractivity contribution in [2.75, 3.05) is 32.7 Å². The molecule has 19 heavy (non-hydrogen) atoms. The van der Waals surface area contributed by atoms with Gasteiger partial charge in [0, 0.05) is 39.1 Å². The van der Waals surface area contributed by atoms with E-state index in [1.165, 1.54) is 0 Å². The number of rotatable bonds is 5. The van der Waals surface area contributed by atoms with Crippen molar-refractivity contribution in [3.05, 3.63) is 0 Å². The second-order valence-electron chi connectivity index (χ2n) is 6.04. The quantitative estimate of drug-likeness (QED) is 0.616. The van der Waals surface area contributed by atoms with Crippen molar-refractivity contribution < 1.29 is 9.59 Å². The summed E-state index contributed by atoms with van der Waals surface area (Å²) in [6.45, 7) is 9.56. The Morgan fingerprint density at radius 1 is 1.32 bits per heavy atom. The van der Waals surface area contributed by atoms with Gasteiger partial charge in [-0.05, 0) is 5.41 Å². The van der Waals surface area contributed by atoms with E-state index in [1.54, 1.807) is 0 Å². The average Bonchev–Trinajstić information content (AvgIpc) is 2.33. The van der Waals surface area contributed by atoms with Crippen LogP contribution in [0, 0.1) is 5.41 Å². The molecule has 1 fully saturated rings. The molecule has 1 rings (SSSR count). The van der Waals surface area contributed by atoms with Crippen LogP contribution in [-0.2, 0) is 9.59 Å². The lowest BCUT2D eigenvalue weighted by Crippen LogP contribution is -2.51. The lowest BCUT2D eigenvalue weighted by molar-refractivity contribution is -0.132. The average molecular weight is 270 g/mol. The van der Waals surface area contributed by atoms with Crippen LogP contribution in [0.1, 0.15) is 27.2 Å². The summed E-state index contributed by atoms with van der Waals surface area (Å²) in [4.78, 5) is 25.2. The summed E-state index contributed by atoms with van der Waals surface area (Å²) in [5.74, 6) is -0.242. The number of primary amides is 1. The summed E-state index contributed by atoms with van der Waals surface area (Å²) in [5, 5.41) is 6.30. The maximum Gasteiger partial charge on any atom is 0.235 e. The molecule has 1 saturated heterocycles. The molecule has 4 N–H and O–H groups in total. The number of hydrogen-bond acceptors (Lipinski definition) is 4. The van der Waals surface area contributed by atoms with Crippen LogP contribution < -0.4 is 16.4 Å². The molecule has 1 aliphatic rings. The fourth-order valence-corrected chi connectivity index (χ4v) is 2.23. The van der Waals surface area contributed by atoms with Gasteiger partial charge < -0.3 is 21.3 Å². The molecule has 2 amide bonds. The predicted octanol–water partition coefficient (Wildman–Crippen LogP) is -0.702. The van der Waals surface area contributed by atoms with Crippen LogP contribution in [-0.4, -0.2) is 55.5 Å². The molecule has 6 heteroatoms. The third-order valence-corrected chi connectivity index (χ3v) is 3.31. The fourth-order valence-electron chi connectivity index (χ4n) is 2.23. The topological polar surface area (TPSA) is 87.5 Å². The zero-order valence-corrected chi connectivity index (χ0v) is 12.2. The van der Waals surface area contributed by atoms with E-state index in [0.717, 1.165) is 26.2 Å². The van der Waals surface area contributed by atoms with E-state index < -0.39 is 6.04 Å². The highest BCUT2D eigenvalue weighted by atomic mass is 16.2. The van der Waals surface area contributed by atoms with Crippen molar-refractivity contribution in [1.82, 2.24) is 15.5 Å². The summed E-state index contributed by atoms with van der Waals surface area (Å²) in [5.41, 5.74) is 5.13. The third-order valence-electron chi connectivity index (χ3n) is 3.31. The minimum atomic E-state index is -0.414. The van der Waals surface area contributed by atoms with Crippen molar-refractivity contribution >= 4 is 11.8 Å². The summed E-state index contributed by atoms with van der Waals surface area (Å²) in [7, 11) is 0. The van der Waals surface area contributed by atoms with Crippen molar-refractivity contribution in [3.63, 3.8) is 0 Å². The molecule has 0 aromatic carbocycles. The van der Waals surface area contributed by atoms with Crippen LogP contribution in [0.5, 0.6) is 0 Å². The molecule has 0 aliphatic carbocycles. The van der Waals surface area contributed by atoms with Gasteiger partial charge in [-0.15, -0.1) is 0 Å². The maximum atomic E-state index is 11.9. The van der Waals surface area contributed by atoms with Crippen molar-refractivity contribution in [2.45, 2.75) is 33.2 Å². The first-order valence-corrected chi connectivity index (χ1v) is 6.83. The second-order valence-corrected chi connectivity index (χ2v) is 6.04. The van der Waals surface area contributed by atoms with Crippen molar-refractivity contribution in [1.29, 1.82) is 0 Å². The number of nitrogens with zero attached hydrogens (tertiary/aromatic N) is 1. The Morgan fingerprint density at radius 3 is 2.37 bits per heavy atom. The predicted molar refractivity (Wildman–Crippen MR) is 74.5 cm³/mol. The number of nitrogens with two attached hydrogens (primary N) is 1. The highest BCUT2D eigenvalue weighted by Gasteiger charge is 2.29. The molecule has 0 unspecified atom stereocenters. The Hall–Kier alpha value is -1.14. The van der Waals surface area contributed by atoms with Gasteiger partial charge in [-0.25, -0.2) is 0 Å². The highest BCUT2D eigenvalue weighted by Crippen LogP contribution is 2.18. The highest BCUT2D eigenvalue weighted by molar-refractivity contribution is 5.81. The SMILES string of the molecule is CC(C)(C)[C@H](NCCC(=O)N1CCNCC1)C(N)=O. The van der Waals surface area contributed by atoms with E-state index in [0.29, 0.717) is 13.0 Å². The summed E-state index contributed by atoms with van der Waals surface area (Å²) >= 11 is 0. The van der Waals surface area contributed by atoms with Crippen LogP contribution in [0.2, 0.25) is 0 Å². The summed E-state index contributed by atoms with van der Waals surface area (Å²) < 4.78 is 0. The Bertz CT molecular complexity index is 319. The molecule has 0 spiro atoms. The molecule has 0 aromatic heterocycles. The molecule has 1 aliphatic heterocycles. The van der Waals surface area contributed by atoms with E-state index in [9.17, 15) is 9.59 Å². The minimum Gasteiger partial charge on any atom is -0.368 e. The summed E-state index contributed by atoms with van der Waals surface area (Å²) in [6.07, 6.45) is 0.403. The molecule has 1 atom stereocenters. The number of amides is 2. The van der Waals surface area contributed by atoms with Crippen LogP contribution >= 0.6 is 0 Å². The van der Waals surface area contributed by atoms with Gasteiger partial charge in [-0.1, -0.05) is 20.8 Å². The number of nitrogens with one attached hydrogen (secondary N) is 2. The van der Waals surface area contributed by atoms with Crippen LogP contribution in [0.25, 0.3) is 0 Å². The van der Waals surface area contributed by atoms with Gasteiger partial charge in [-0.2, -0.15) is 0 Å². The van der Waals surface area contributed by atoms with Crippen molar-refractivity contribution in [2.24, 2.45) is 11.1 Å². The Labute approximate surface area is 115 Å². The standard InChI is InChI=1S/C13H26N4O2/c1-13(2,3)11(12(14)19)16-5-4-10(18)17-8-6-15-7-9-17/h11,15-16H,4-9H2,1-3H3,(H2,14,19)/t11-/m1/s1. The molecular formula is C13H26N4O2. The molecule has 1 heterocycles. The summed E-state index contributed by atoms with van der Waals surface area (Å²) in [6, 6.07) is -0.414. The number of piperazine rings is 1. The number of hydrogen-bond donors (Lipinski definition) is 3. The smallest absolute Gasteiger partial charge is 0.235 e. The molecule has 0 radical (unpaired) electrons. The van der Waals surface area contributed by atoms with E-state index in [4.69, 9.17) is 5.73 Å². The zero-order chi connectivity index (χ0) is 14.5. The second kappa shape index (κ2) is 6.86. The van der Waals surface area contributed by atoms with Gasteiger partial charge in [0.2, 0.25) is 11.8 Å². The van der Waals surface area contributed by atoms with Crippen LogP contribution in [0.3, 0.4) is 0 Å². The molecule has 0 aromatic rings. The Balaban J connectivity index is 2.35. The molecule has 0 bridgehead atoms. The first-order chi connectivity index (χ1) is 8.82. The van der Waals surface area contributed by atoms with E-state index >= 15 is 0 Å². The monoisotopic (exact) mass is 270 g/mol. The number of carbonyl (C=O) groups excluding carboxylic acids is 2. The lowest BCUT2D eigenvalue weighted by atomic mass is 9.86. The number of carbonyl (C=O) groups is 2. The van der Waals surface area contributed by atoms with Crippen LogP contribution in [0.15, 0.2) is 0 Å². The zero-order valence-electron chi connectivity index (χ0n) is 12.2. The Morgan fingerprint density at radius 2 is 1.89 bits per heavy atom. The van der Waals surface area contributed by atoms with Crippen LogP contribution in [0.4, 0.5) is 0 Å². The fraction of sp³-hybridized carbons (Fsp3) is 0.846. The molecule has 0 saturated carbocycles. The van der Waals surface area contributed by atoms with Gasteiger partial charge in [0.25, 0.3) is 0 Å². The van der Waals surface area contributed by atoms with E-state index in [2.05, 4.69) is 10.6 Å². The molecular weight excluding hydrogens is 244 g/mol. The lowest BCUT2D eigenvalue weighted by Gasteiger charge is -2.30. The van der Waals surface area contributed by atoms with E-state index in [1.807, 2.05) is 25.7 Å². The van der Waals surface area contributed by atoms with Gasteiger partial charge in [0.1, 0.15) is 0 Å². The Kier molecular flexibility index (Phi) is 5.75. The maximum absolute atomic E-state index is 11.9. The molecule has 110 valence electrons. The van der Waals surface area contributed by atoms with Gasteiger partial charge in [-0.3, -0.25) is 9.59 Å².